The molecule has 2 nitrogen and oxygen atoms in total. The van der Waals surface area contributed by atoms with Gasteiger partial charge in [0, 0.05) is 5.57 Å². The zero-order chi connectivity index (χ0) is 12.3. The van der Waals surface area contributed by atoms with Crippen molar-refractivity contribution in [2.45, 2.75) is 39.7 Å². The molecule has 0 saturated heterocycles. The van der Waals surface area contributed by atoms with Crippen LogP contribution in [0.25, 0.3) is 0 Å². The van der Waals surface area contributed by atoms with E-state index in [1.54, 1.807) is 6.92 Å². The molecule has 2 heteroatoms. The number of allylic oxidation sites excluding steroid dienone is 2. The molecular weight excluding hydrogens is 200 g/mol. The van der Waals surface area contributed by atoms with Gasteiger partial charge in [-0.25, -0.2) is 4.79 Å². The highest BCUT2D eigenvalue weighted by molar-refractivity contribution is 5.87. The predicted octanol–water partition coefficient (Wildman–Crippen LogP) is 3.41. The summed E-state index contributed by atoms with van der Waals surface area (Å²) in [4.78, 5) is 11.5. The molecule has 0 spiro atoms. The third-order valence-electron chi connectivity index (χ3n) is 3.03. The van der Waals surface area contributed by atoms with Crippen LogP contribution in [0, 0.1) is 5.92 Å². The maximum absolute atomic E-state index is 11.5. The normalized spacial score (nSPS) is 24.6. The Morgan fingerprint density at radius 3 is 2.56 bits per heavy atom. The fraction of sp³-hybridized carbons (Fsp3) is 0.500. The molecule has 0 saturated carbocycles. The van der Waals surface area contributed by atoms with Gasteiger partial charge < -0.3 is 4.74 Å². The average molecular weight is 220 g/mol. The molecule has 0 amide bonds. The highest BCUT2D eigenvalue weighted by Gasteiger charge is 2.25. The summed E-state index contributed by atoms with van der Waals surface area (Å²) in [7, 11) is 0. The maximum Gasteiger partial charge on any atom is 0.333 e. The van der Waals surface area contributed by atoms with Crippen LogP contribution in [-0.2, 0) is 9.53 Å². The second kappa shape index (κ2) is 5.15. The number of carbonyl (C=O) groups is 1. The summed E-state index contributed by atoms with van der Waals surface area (Å²) in [5.74, 6) is 0.117. The Balaban J connectivity index is 2.69. The molecular formula is C14H20O2. The third-order valence-corrected chi connectivity index (χ3v) is 3.03. The molecule has 0 N–H and O–H groups in total. The van der Waals surface area contributed by atoms with Gasteiger partial charge >= 0.3 is 5.97 Å². The summed E-state index contributed by atoms with van der Waals surface area (Å²) >= 11 is 0. The Hall–Kier alpha value is -1.31. The molecule has 16 heavy (non-hydrogen) atoms. The van der Waals surface area contributed by atoms with Gasteiger partial charge in [0.1, 0.15) is 6.10 Å². The van der Waals surface area contributed by atoms with Crippen molar-refractivity contribution in [3.8, 4) is 0 Å². The van der Waals surface area contributed by atoms with Gasteiger partial charge in [0.2, 0.25) is 0 Å². The van der Waals surface area contributed by atoms with Gasteiger partial charge in [-0.15, -0.1) is 0 Å². The fourth-order valence-electron chi connectivity index (χ4n) is 1.77. The summed E-state index contributed by atoms with van der Waals surface area (Å²) in [6.45, 7) is 13.3. The van der Waals surface area contributed by atoms with Gasteiger partial charge in [0.05, 0.1) is 0 Å². The summed E-state index contributed by atoms with van der Waals surface area (Å²) in [6.07, 6.45) is 3.87. The van der Waals surface area contributed by atoms with Gasteiger partial charge in [0.25, 0.3) is 0 Å². The van der Waals surface area contributed by atoms with E-state index in [-0.39, 0.29) is 12.1 Å². The Morgan fingerprint density at radius 1 is 1.44 bits per heavy atom. The molecule has 0 fully saturated rings. The Labute approximate surface area is 97.7 Å². The summed E-state index contributed by atoms with van der Waals surface area (Å²) in [5, 5.41) is 0. The van der Waals surface area contributed by atoms with Gasteiger partial charge in [-0.1, -0.05) is 24.8 Å². The second-order valence-electron chi connectivity index (χ2n) is 4.64. The number of ether oxygens (including phenoxy) is 1. The average Bonchev–Trinajstić information content (AvgIpc) is 2.20. The first kappa shape index (κ1) is 12.8. The maximum atomic E-state index is 11.5. The lowest BCUT2D eigenvalue weighted by atomic mass is 9.84. The van der Waals surface area contributed by atoms with Crippen LogP contribution in [0.4, 0.5) is 0 Å². The monoisotopic (exact) mass is 220 g/mol. The zero-order valence-electron chi connectivity index (χ0n) is 10.4. The first-order chi connectivity index (χ1) is 7.41. The lowest BCUT2D eigenvalue weighted by Crippen LogP contribution is -2.26. The van der Waals surface area contributed by atoms with Crippen LogP contribution in [0.15, 0.2) is 36.0 Å². The topological polar surface area (TPSA) is 26.3 Å². The smallest absolute Gasteiger partial charge is 0.333 e. The number of hydrogen-bond donors (Lipinski definition) is 0. The molecule has 88 valence electrons. The Kier molecular flexibility index (Phi) is 4.11. The fourth-order valence-corrected chi connectivity index (χ4v) is 1.77. The molecule has 0 aromatic rings. The standard InChI is InChI=1S/C14H20O2/c1-9(2)12-7-6-11(5)13(8-12)16-14(15)10(3)4/h6,12-13H,1,3,7-8H2,2,4-5H3/t12-,13-/m1/s1. The van der Waals surface area contributed by atoms with Crippen LogP contribution in [0.2, 0.25) is 0 Å². The Bertz CT molecular complexity index is 350. The minimum atomic E-state index is -0.305. The van der Waals surface area contributed by atoms with Gasteiger partial charge in [-0.3, -0.25) is 0 Å². The molecule has 0 unspecified atom stereocenters. The van der Waals surface area contributed by atoms with E-state index in [9.17, 15) is 4.79 Å². The quantitative estimate of drug-likeness (QED) is 0.414. The van der Waals surface area contributed by atoms with Crippen LogP contribution in [0.1, 0.15) is 33.6 Å². The van der Waals surface area contributed by atoms with E-state index in [0.717, 1.165) is 24.0 Å². The van der Waals surface area contributed by atoms with Crippen molar-refractivity contribution in [3.05, 3.63) is 36.0 Å². The first-order valence-electron chi connectivity index (χ1n) is 5.60. The second-order valence-corrected chi connectivity index (χ2v) is 4.64. The molecule has 0 heterocycles. The summed E-state index contributed by atoms with van der Waals surface area (Å²) in [6, 6.07) is 0. The van der Waals surface area contributed by atoms with Gasteiger partial charge in [0.15, 0.2) is 0 Å². The largest absolute Gasteiger partial charge is 0.454 e. The van der Waals surface area contributed by atoms with Gasteiger partial charge in [-0.2, -0.15) is 0 Å². The van der Waals surface area contributed by atoms with E-state index in [4.69, 9.17) is 4.74 Å². The minimum Gasteiger partial charge on any atom is -0.454 e. The molecule has 1 aliphatic carbocycles. The molecule has 1 aliphatic rings. The van der Waals surface area contributed by atoms with Crippen LogP contribution in [-0.4, -0.2) is 12.1 Å². The molecule has 2 atom stereocenters. The lowest BCUT2D eigenvalue weighted by Gasteiger charge is -2.28. The van der Waals surface area contributed by atoms with E-state index in [1.165, 1.54) is 0 Å². The molecule has 1 rings (SSSR count). The number of esters is 1. The van der Waals surface area contributed by atoms with Crippen LogP contribution in [0.5, 0.6) is 0 Å². The zero-order valence-corrected chi connectivity index (χ0v) is 10.4. The van der Waals surface area contributed by atoms with Crippen LogP contribution in [0.3, 0.4) is 0 Å². The van der Waals surface area contributed by atoms with Crippen molar-refractivity contribution >= 4 is 5.97 Å². The summed E-state index contributed by atoms with van der Waals surface area (Å²) in [5.41, 5.74) is 2.73. The predicted molar refractivity (Wildman–Crippen MR) is 66.0 cm³/mol. The van der Waals surface area contributed by atoms with E-state index < -0.39 is 0 Å². The number of rotatable bonds is 3. The Morgan fingerprint density at radius 2 is 2.06 bits per heavy atom. The van der Waals surface area contributed by atoms with E-state index >= 15 is 0 Å². The van der Waals surface area contributed by atoms with Crippen molar-refractivity contribution in [2.24, 2.45) is 5.92 Å². The molecule has 0 aliphatic heterocycles. The molecule has 0 bridgehead atoms. The van der Waals surface area contributed by atoms with Crippen LogP contribution < -0.4 is 0 Å². The van der Waals surface area contributed by atoms with E-state index in [2.05, 4.69) is 19.2 Å². The van der Waals surface area contributed by atoms with Gasteiger partial charge in [-0.05, 0) is 45.1 Å². The molecule has 0 aromatic carbocycles. The highest BCUT2D eigenvalue weighted by Crippen LogP contribution is 2.30. The number of carbonyl (C=O) groups excluding carboxylic acids is 1. The molecule has 0 radical (unpaired) electrons. The minimum absolute atomic E-state index is 0.111. The number of hydrogen-bond acceptors (Lipinski definition) is 2. The van der Waals surface area contributed by atoms with Crippen LogP contribution >= 0.6 is 0 Å². The van der Waals surface area contributed by atoms with Crippen molar-refractivity contribution < 1.29 is 9.53 Å². The lowest BCUT2D eigenvalue weighted by molar-refractivity contribution is -0.143. The van der Waals surface area contributed by atoms with Crippen molar-refractivity contribution in [1.82, 2.24) is 0 Å². The first-order valence-corrected chi connectivity index (χ1v) is 5.60. The highest BCUT2D eigenvalue weighted by atomic mass is 16.5. The summed E-state index contributed by atoms with van der Waals surface area (Å²) < 4.78 is 5.40. The third kappa shape index (κ3) is 3.09. The molecule has 0 aromatic heterocycles. The van der Waals surface area contributed by atoms with Crippen molar-refractivity contribution in [1.29, 1.82) is 0 Å². The van der Waals surface area contributed by atoms with Crippen molar-refractivity contribution in [2.75, 3.05) is 0 Å². The van der Waals surface area contributed by atoms with E-state index in [0.29, 0.717) is 11.5 Å². The van der Waals surface area contributed by atoms with Crippen molar-refractivity contribution in [3.63, 3.8) is 0 Å². The van der Waals surface area contributed by atoms with E-state index in [1.807, 2.05) is 13.8 Å². The SMILES string of the molecule is C=C(C)C(=O)O[C@@H]1C[C@H](C(=C)C)CC=C1C.